The molecular formula is C8H14O3. The molecule has 3 heteroatoms. The van der Waals surface area contributed by atoms with E-state index in [1.54, 1.807) is 7.11 Å². The topological polar surface area (TPSA) is 46.5 Å². The first-order valence-corrected chi connectivity index (χ1v) is 3.91. The Labute approximate surface area is 66.4 Å². The van der Waals surface area contributed by atoms with Crippen LogP contribution in [0.25, 0.3) is 0 Å². The molecule has 1 aliphatic carbocycles. The number of aliphatic hydroxyl groups excluding tert-OH is 1. The number of aliphatic hydroxyl groups is 1. The van der Waals surface area contributed by atoms with Crippen LogP contribution in [0.4, 0.5) is 0 Å². The first-order valence-electron chi connectivity index (χ1n) is 3.91. The lowest BCUT2D eigenvalue weighted by atomic mass is 9.87. The maximum atomic E-state index is 11.0. The monoisotopic (exact) mass is 158 g/mol. The molecular weight excluding hydrogens is 144 g/mol. The van der Waals surface area contributed by atoms with E-state index >= 15 is 0 Å². The zero-order valence-corrected chi connectivity index (χ0v) is 6.75. The fourth-order valence-electron chi connectivity index (χ4n) is 1.52. The van der Waals surface area contributed by atoms with Crippen molar-refractivity contribution >= 4 is 5.78 Å². The normalized spacial score (nSPS) is 32.4. The van der Waals surface area contributed by atoms with Crippen LogP contribution in [-0.4, -0.2) is 30.7 Å². The minimum atomic E-state index is 0.0356. The average Bonchev–Trinajstić information content (AvgIpc) is 2.03. The molecule has 0 aromatic carbocycles. The number of ether oxygens (including phenoxy) is 1. The minimum absolute atomic E-state index is 0.0356. The second kappa shape index (κ2) is 3.83. The van der Waals surface area contributed by atoms with E-state index in [0.717, 1.165) is 6.42 Å². The van der Waals surface area contributed by atoms with E-state index in [0.29, 0.717) is 12.8 Å². The molecule has 0 amide bonds. The highest BCUT2D eigenvalue weighted by Crippen LogP contribution is 2.22. The van der Waals surface area contributed by atoms with Crippen molar-refractivity contribution in [3.8, 4) is 0 Å². The zero-order valence-electron chi connectivity index (χ0n) is 6.75. The van der Waals surface area contributed by atoms with Gasteiger partial charge >= 0.3 is 0 Å². The van der Waals surface area contributed by atoms with Crippen LogP contribution in [0.2, 0.25) is 0 Å². The lowest BCUT2D eigenvalue weighted by molar-refractivity contribution is -0.126. The predicted octanol–water partition coefficient (Wildman–Crippen LogP) is 0.363. The van der Waals surface area contributed by atoms with Crippen molar-refractivity contribution < 1.29 is 14.6 Å². The number of carbonyl (C=O) groups is 1. The fourth-order valence-corrected chi connectivity index (χ4v) is 1.52. The summed E-state index contributed by atoms with van der Waals surface area (Å²) in [4.78, 5) is 11.0. The van der Waals surface area contributed by atoms with E-state index in [1.807, 2.05) is 0 Å². The van der Waals surface area contributed by atoms with Gasteiger partial charge < -0.3 is 9.84 Å². The third-order valence-corrected chi connectivity index (χ3v) is 2.16. The largest absolute Gasteiger partial charge is 0.396 e. The van der Waals surface area contributed by atoms with Gasteiger partial charge in [0, 0.05) is 26.6 Å². The highest BCUT2D eigenvalue weighted by Gasteiger charge is 2.26. The molecule has 0 saturated heterocycles. The van der Waals surface area contributed by atoms with Crippen molar-refractivity contribution in [3.63, 3.8) is 0 Å². The summed E-state index contributed by atoms with van der Waals surface area (Å²) in [7, 11) is 1.61. The number of ketones is 1. The number of hydrogen-bond donors (Lipinski definition) is 1. The van der Waals surface area contributed by atoms with Gasteiger partial charge in [0.25, 0.3) is 0 Å². The lowest BCUT2D eigenvalue weighted by Gasteiger charge is -2.25. The molecule has 1 rings (SSSR count). The van der Waals surface area contributed by atoms with E-state index in [4.69, 9.17) is 9.84 Å². The first kappa shape index (κ1) is 8.68. The van der Waals surface area contributed by atoms with Crippen LogP contribution >= 0.6 is 0 Å². The van der Waals surface area contributed by atoms with E-state index in [2.05, 4.69) is 0 Å². The van der Waals surface area contributed by atoms with Gasteiger partial charge in [-0.05, 0) is 12.3 Å². The molecule has 0 aliphatic heterocycles. The summed E-state index contributed by atoms with van der Waals surface area (Å²) in [5.74, 6) is 0.336. The Hall–Kier alpha value is -0.410. The maximum Gasteiger partial charge on any atom is 0.135 e. The molecule has 64 valence electrons. The Kier molecular flexibility index (Phi) is 3.02. The Bertz CT molecular complexity index is 130. The summed E-state index contributed by atoms with van der Waals surface area (Å²) >= 11 is 0. The van der Waals surface area contributed by atoms with Crippen molar-refractivity contribution in [2.75, 3.05) is 13.7 Å². The molecule has 0 aromatic rings. The van der Waals surface area contributed by atoms with Crippen molar-refractivity contribution in [1.82, 2.24) is 0 Å². The van der Waals surface area contributed by atoms with Gasteiger partial charge in [-0.25, -0.2) is 0 Å². The Balaban J connectivity index is 2.43. The average molecular weight is 158 g/mol. The molecule has 1 saturated carbocycles. The quantitative estimate of drug-likeness (QED) is 0.631. The van der Waals surface area contributed by atoms with Crippen molar-refractivity contribution in [2.24, 2.45) is 5.92 Å². The SMILES string of the molecule is CO[C@@H]1CC(=O)C[C@@H](CO)C1. The third-order valence-electron chi connectivity index (χ3n) is 2.16. The summed E-state index contributed by atoms with van der Waals surface area (Å²) in [5.41, 5.74) is 0. The van der Waals surface area contributed by atoms with E-state index in [-0.39, 0.29) is 24.4 Å². The van der Waals surface area contributed by atoms with Gasteiger partial charge in [-0.3, -0.25) is 4.79 Å². The summed E-state index contributed by atoms with van der Waals surface area (Å²) in [6.07, 6.45) is 1.90. The number of rotatable bonds is 2. The van der Waals surface area contributed by atoms with Crippen LogP contribution < -0.4 is 0 Å². The van der Waals surface area contributed by atoms with Gasteiger partial charge in [0.15, 0.2) is 0 Å². The Morgan fingerprint density at radius 1 is 1.64 bits per heavy atom. The van der Waals surface area contributed by atoms with Gasteiger partial charge in [-0.15, -0.1) is 0 Å². The van der Waals surface area contributed by atoms with Crippen LogP contribution in [0.5, 0.6) is 0 Å². The Morgan fingerprint density at radius 3 is 2.91 bits per heavy atom. The predicted molar refractivity (Wildman–Crippen MR) is 40.2 cm³/mol. The summed E-state index contributed by atoms with van der Waals surface area (Å²) < 4.78 is 5.06. The number of hydrogen-bond acceptors (Lipinski definition) is 3. The first-order chi connectivity index (χ1) is 5.26. The molecule has 0 radical (unpaired) electrons. The fraction of sp³-hybridized carbons (Fsp3) is 0.875. The molecule has 1 N–H and O–H groups in total. The van der Waals surface area contributed by atoms with Crippen LogP contribution in [0, 0.1) is 5.92 Å². The molecule has 0 spiro atoms. The summed E-state index contributed by atoms with van der Waals surface area (Å²) in [6.45, 7) is 0.103. The zero-order chi connectivity index (χ0) is 8.27. The molecule has 1 aliphatic rings. The lowest BCUT2D eigenvalue weighted by Crippen LogP contribution is -2.29. The van der Waals surface area contributed by atoms with Crippen LogP contribution in [-0.2, 0) is 9.53 Å². The van der Waals surface area contributed by atoms with E-state index in [9.17, 15) is 4.79 Å². The number of Topliss-reactive ketones (excluding diaryl/α,β-unsaturated/α-hetero) is 1. The van der Waals surface area contributed by atoms with Gasteiger partial charge in [0.2, 0.25) is 0 Å². The molecule has 0 heterocycles. The molecule has 0 unspecified atom stereocenters. The number of carbonyl (C=O) groups excluding carboxylic acids is 1. The van der Waals surface area contributed by atoms with Crippen molar-refractivity contribution in [3.05, 3.63) is 0 Å². The van der Waals surface area contributed by atoms with E-state index in [1.165, 1.54) is 0 Å². The molecule has 11 heavy (non-hydrogen) atoms. The number of methoxy groups -OCH3 is 1. The van der Waals surface area contributed by atoms with Crippen molar-refractivity contribution in [1.29, 1.82) is 0 Å². The molecule has 3 nitrogen and oxygen atoms in total. The van der Waals surface area contributed by atoms with Gasteiger partial charge in [0.1, 0.15) is 5.78 Å². The third kappa shape index (κ3) is 2.27. The highest BCUT2D eigenvalue weighted by atomic mass is 16.5. The van der Waals surface area contributed by atoms with Gasteiger partial charge in [-0.1, -0.05) is 0 Å². The standard InChI is InChI=1S/C8H14O3/c1-11-8-3-6(5-9)2-7(10)4-8/h6,8-9H,2-5H2,1H3/t6-,8+/m1/s1. The second-order valence-corrected chi connectivity index (χ2v) is 3.09. The van der Waals surface area contributed by atoms with Crippen molar-refractivity contribution in [2.45, 2.75) is 25.4 Å². The van der Waals surface area contributed by atoms with Gasteiger partial charge in [-0.2, -0.15) is 0 Å². The van der Waals surface area contributed by atoms with E-state index < -0.39 is 0 Å². The summed E-state index contributed by atoms with van der Waals surface area (Å²) in [5, 5.41) is 8.81. The van der Waals surface area contributed by atoms with Crippen LogP contribution in [0.3, 0.4) is 0 Å². The smallest absolute Gasteiger partial charge is 0.135 e. The molecule has 0 aromatic heterocycles. The highest BCUT2D eigenvalue weighted by molar-refractivity contribution is 5.79. The summed E-state index contributed by atoms with van der Waals surface area (Å²) in [6, 6.07) is 0. The van der Waals surface area contributed by atoms with Crippen LogP contribution in [0.1, 0.15) is 19.3 Å². The van der Waals surface area contributed by atoms with Crippen LogP contribution in [0.15, 0.2) is 0 Å². The molecule has 2 atom stereocenters. The Morgan fingerprint density at radius 2 is 2.36 bits per heavy atom. The second-order valence-electron chi connectivity index (χ2n) is 3.09. The minimum Gasteiger partial charge on any atom is -0.396 e. The molecule has 0 bridgehead atoms. The maximum absolute atomic E-state index is 11.0. The molecule has 1 fully saturated rings. The van der Waals surface area contributed by atoms with Gasteiger partial charge in [0.05, 0.1) is 6.10 Å².